The molecule has 0 amide bonds. The molecule has 3 nitrogen and oxygen atoms in total. The van der Waals surface area contributed by atoms with Crippen molar-refractivity contribution in [1.82, 2.24) is 4.90 Å². The number of terminal acetylenes is 1. The Morgan fingerprint density at radius 1 is 1.32 bits per heavy atom. The number of hydrogen-bond donors (Lipinski definition) is 0. The summed E-state index contributed by atoms with van der Waals surface area (Å²) in [4.78, 5) is 9.53. The van der Waals surface area contributed by atoms with Crippen molar-refractivity contribution in [3.63, 3.8) is 0 Å². The van der Waals surface area contributed by atoms with Gasteiger partial charge >= 0.3 is 0 Å². The van der Waals surface area contributed by atoms with Gasteiger partial charge in [-0.05, 0) is 63.9 Å². The van der Waals surface area contributed by atoms with Crippen LogP contribution in [0.2, 0.25) is 0 Å². The topological polar surface area (TPSA) is 24.8 Å². The summed E-state index contributed by atoms with van der Waals surface area (Å²) in [7, 11) is 0. The molecule has 31 heavy (non-hydrogen) atoms. The third-order valence-electron chi connectivity index (χ3n) is 5.61. The van der Waals surface area contributed by atoms with E-state index < -0.39 is 0 Å². The van der Waals surface area contributed by atoms with Crippen LogP contribution in [-0.4, -0.2) is 43.1 Å². The van der Waals surface area contributed by atoms with E-state index in [1.165, 1.54) is 42.8 Å². The fourth-order valence-electron chi connectivity index (χ4n) is 3.70. The average Bonchev–Trinajstić information content (AvgIpc) is 2.82. The quantitative estimate of drug-likeness (QED) is 0.102. The molecule has 1 fully saturated rings. The Morgan fingerprint density at radius 2 is 2.16 bits per heavy atom. The third-order valence-corrected chi connectivity index (χ3v) is 6.45. The lowest BCUT2D eigenvalue weighted by molar-refractivity contribution is 0.102. The normalized spacial score (nSPS) is 25.5. The molecule has 2 aliphatic rings. The Morgan fingerprint density at radius 3 is 2.90 bits per heavy atom. The molecule has 1 aliphatic heterocycles. The van der Waals surface area contributed by atoms with Crippen LogP contribution in [0.5, 0.6) is 0 Å². The van der Waals surface area contributed by atoms with Crippen molar-refractivity contribution in [3.8, 4) is 12.3 Å². The minimum Gasteiger partial charge on any atom is -0.394 e. The Labute approximate surface area is 194 Å². The third kappa shape index (κ3) is 10.3. The summed E-state index contributed by atoms with van der Waals surface area (Å²) in [6.07, 6.45) is 32.6. The maximum absolute atomic E-state index is 5.80. The van der Waals surface area contributed by atoms with Crippen LogP contribution in [0, 0.1) is 18.3 Å². The van der Waals surface area contributed by atoms with Gasteiger partial charge in [0.1, 0.15) is 6.61 Å². The van der Waals surface area contributed by atoms with Gasteiger partial charge in [0, 0.05) is 23.8 Å². The predicted octanol–water partition coefficient (Wildman–Crippen LogP) is 6.53. The number of likely N-dealkylation sites (tertiary alicyclic amines) is 1. The summed E-state index contributed by atoms with van der Waals surface area (Å²) in [6.45, 7) is 6.01. The number of rotatable bonds is 9. The van der Waals surface area contributed by atoms with Gasteiger partial charge in [-0.25, -0.2) is 0 Å². The van der Waals surface area contributed by atoms with Gasteiger partial charge in [0.2, 0.25) is 0 Å². The molecule has 0 spiro atoms. The Hall–Kier alpha value is -1.96. The minimum absolute atomic E-state index is 0.181. The van der Waals surface area contributed by atoms with Gasteiger partial charge in [0.15, 0.2) is 0 Å². The number of piperidine rings is 1. The van der Waals surface area contributed by atoms with Gasteiger partial charge in [-0.3, -0.25) is 4.90 Å². The molecule has 4 heteroatoms. The summed E-state index contributed by atoms with van der Waals surface area (Å²) in [5.74, 6) is 3.05. The summed E-state index contributed by atoms with van der Waals surface area (Å²) in [6, 6.07) is 0. The molecule has 0 N–H and O–H groups in total. The second kappa shape index (κ2) is 15.8. The van der Waals surface area contributed by atoms with Crippen LogP contribution in [0.1, 0.15) is 51.9 Å². The number of nitrogens with zero attached hydrogens (tertiary/aromatic N) is 2. The van der Waals surface area contributed by atoms with Crippen LogP contribution >= 0.6 is 11.8 Å². The van der Waals surface area contributed by atoms with Crippen molar-refractivity contribution < 1.29 is 4.84 Å². The summed E-state index contributed by atoms with van der Waals surface area (Å²) < 4.78 is 0. The van der Waals surface area contributed by atoms with E-state index in [1.807, 2.05) is 0 Å². The highest BCUT2D eigenvalue weighted by Gasteiger charge is 2.10. The zero-order chi connectivity index (χ0) is 22.2. The first-order valence-electron chi connectivity index (χ1n) is 11.5. The summed E-state index contributed by atoms with van der Waals surface area (Å²) >= 11 is 1.75. The van der Waals surface area contributed by atoms with E-state index in [2.05, 4.69) is 77.8 Å². The summed E-state index contributed by atoms with van der Waals surface area (Å²) in [5, 5.41) is 4.58. The van der Waals surface area contributed by atoms with Gasteiger partial charge in [-0.2, -0.15) is 0 Å². The molecule has 0 radical (unpaired) electrons. The van der Waals surface area contributed by atoms with E-state index >= 15 is 0 Å². The van der Waals surface area contributed by atoms with Gasteiger partial charge in [-0.1, -0.05) is 66.1 Å². The maximum atomic E-state index is 5.80. The molecular weight excluding hydrogens is 400 g/mol. The van der Waals surface area contributed by atoms with Crippen LogP contribution in [0.4, 0.5) is 0 Å². The number of hydrogen-bond acceptors (Lipinski definition) is 4. The smallest absolute Gasteiger partial charge is 0.129 e. The Bertz CT molecular complexity index is 746. The highest BCUT2D eigenvalue weighted by molar-refractivity contribution is 8.02. The van der Waals surface area contributed by atoms with Crippen molar-refractivity contribution >= 4 is 17.5 Å². The highest BCUT2D eigenvalue weighted by atomic mass is 32.2. The molecule has 1 aliphatic carbocycles. The van der Waals surface area contributed by atoms with Crippen molar-refractivity contribution in [2.45, 2.75) is 51.9 Å². The molecule has 168 valence electrons. The largest absolute Gasteiger partial charge is 0.394 e. The lowest BCUT2D eigenvalue weighted by atomic mass is 9.98. The van der Waals surface area contributed by atoms with Crippen LogP contribution in [0.3, 0.4) is 0 Å². The van der Waals surface area contributed by atoms with Gasteiger partial charge in [-0.15, -0.1) is 18.2 Å². The molecule has 0 aromatic rings. The first-order chi connectivity index (χ1) is 15.3. The van der Waals surface area contributed by atoms with E-state index in [1.54, 1.807) is 11.8 Å². The molecule has 1 saturated heterocycles. The molecule has 1 heterocycles. The van der Waals surface area contributed by atoms with Gasteiger partial charge in [0.05, 0.1) is 5.71 Å². The number of allylic oxidation sites excluding steroid dienone is 9. The van der Waals surface area contributed by atoms with E-state index in [4.69, 9.17) is 11.3 Å². The second-order valence-electron chi connectivity index (χ2n) is 7.88. The van der Waals surface area contributed by atoms with Crippen molar-refractivity contribution in [3.05, 3.63) is 59.1 Å². The van der Waals surface area contributed by atoms with E-state index in [-0.39, 0.29) is 5.92 Å². The van der Waals surface area contributed by atoms with Crippen LogP contribution in [0.15, 0.2) is 64.2 Å². The molecule has 0 aromatic heterocycles. The number of thioether (sulfide) groups is 1. The van der Waals surface area contributed by atoms with Crippen molar-refractivity contribution in [2.24, 2.45) is 11.1 Å². The van der Waals surface area contributed by atoms with E-state index in [0.29, 0.717) is 6.61 Å². The van der Waals surface area contributed by atoms with Crippen molar-refractivity contribution in [2.75, 3.05) is 32.5 Å². The Balaban J connectivity index is 2.10. The summed E-state index contributed by atoms with van der Waals surface area (Å²) in [5.41, 5.74) is 2.16. The second-order valence-corrected chi connectivity index (χ2v) is 8.76. The molecule has 2 rings (SSSR count). The van der Waals surface area contributed by atoms with Crippen LogP contribution < -0.4 is 0 Å². The van der Waals surface area contributed by atoms with E-state index in [0.717, 1.165) is 37.9 Å². The molecule has 0 bridgehead atoms. The number of oxime groups is 1. The lowest BCUT2D eigenvalue weighted by Gasteiger charge is -2.25. The first-order valence-corrected chi connectivity index (χ1v) is 12.8. The van der Waals surface area contributed by atoms with Gasteiger partial charge < -0.3 is 4.84 Å². The Kier molecular flexibility index (Phi) is 12.9. The fraction of sp³-hybridized carbons (Fsp3) is 0.519. The predicted molar refractivity (Wildman–Crippen MR) is 137 cm³/mol. The van der Waals surface area contributed by atoms with Crippen molar-refractivity contribution in [1.29, 1.82) is 0 Å². The highest BCUT2D eigenvalue weighted by Crippen LogP contribution is 2.17. The SMILES string of the molecule is C#CC1\C=C/C=C(/C(C/C=C\C(=C/C)SC)=N\OCCN2CCCCC2)C/C=C\CC1. The van der Waals surface area contributed by atoms with Gasteiger partial charge in [0.25, 0.3) is 0 Å². The van der Waals surface area contributed by atoms with Crippen LogP contribution in [0.25, 0.3) is 0 Å². The molecule has 1 atom stereocenters. The molecular formula is C27H38N2OS. The maximum Gasteiger partial charge on any atom is 0.129 e. The van der Waals surface area contributed by atoms with E-state index in [9.17, 15) is 0 Å². The first kappa shape index (κ1) is 25.3. The molecule has 0 aromatic carbocycles. The zero-order valence-electron chi connectivity index (χ0n) is 19.3. The van der Waals surface area contributed by atoms with Crippen LogP contribution in [-0.2, 0) is 4.84 Å². The average molecular weight is 439 g/mol. The minimum atomic E-state index is 0.181. The standard InChI is InChI=1S/C27H38N2OS/c1-4-24-14-8-6-9-16-25(17-12-15-24)27(19-13-18-26(5-2)31-3)28-30-23-22-29-20-10-7-11-21-29/h1,5-6,9,12-13,15,17-18,24H,7-8,10-11,14,16,19-23H2,2-3H3/b9-6-,15-12-,18-13-,25-17+,26-5+,28-27-. The lowest BCUT2D eigenvalue weighted by Crippen LogP contribution is -2.32. The monoisotopic (exact) mass is 438 g/mol. The zero-order valence-corrected chi connectivity index (χ0v) is 20.1. The fourth-order valence-corrected chi connectivity index (χ4v) is 4.17. The molecule has 0 saturated carbocycles. The molecule has 1 unspecified atom stereocenters.